The Hall–Kier alpha value is -1.34. The topological polar surface area (TPSA) is 71.1 Å². The quantitative estimate of drug-likeness (QED) is 0.804. The Morgan fingerprint density at radius 1 is 1.04 bits per heavy atom. The van der Waals surface area contributed by atoms with Gasteiger partial charge in [0.15, 0.2) is 0 Å². The van der Waals surface area contributed by atoms with Gasteiger partial charge in [0, 0.05) is 38.8 Å². The van der Waals surface area contributed by atoms with E-state index in [1.807, 2.05) is 9.80 Å². The Balaban J connectivity index is 1.36. The monoisotopic (exact) mass is 367 g/mol. The molecule has 1 N–H and O–H groups in total. The predicted octanol–water partition coefficient (Wildman–Crippen LogP) is 1.76. The second kappa shape index (κ2) is 9.55. The summed E-state index contributed by atoms with van der Waals surface area (Å²) in [5.74, 6) is 0.00957. The zero-order chi connectivity index (χ0) is 18.4. The first-order valence-electron chi connectivity index (χ1n) is 10.2. The van der Waals surface area contributed by atoms with Crippen LogP contribution >= 0.6 is 0 Å². The van der Waals surface area contributed by atoms with Crippen molar-refractivity contribution in [1.82, 2.24) is 15.1 Å². The SMILES string of the molecule is CC(OCC1CCCO1)C(=O)N1CCN(C(=O)NC2CCCCC2)CC1. The molecule has 0 aromatic rings. The molecule has 3 rings (SSSR count). The molecule has 26 heavy (non-hydrogen) atoms. The summed E-state index contributed by atoms with van der Waals surface area (Å²) in [4.78, 5) is 28.6. The number of piperazine rings is 1. The van der Waals surface area contributed by atoms with E-state index in [0.717, 1.165) is 32.3 Å². The first kappa shape index (κ1) is 19.4. The number of hydrogen-bond donors (Lipinski definition) is 1. The highest BCUT2D eigenvalue weighted by Gasteiger charge is 2.29. The fourth-order valence-corrected chi connectivity index (χ4v) is 4.00. The minimum atomic E-state index is -0.457. The molecule has 1 saturated carbocycles. The van der Waals surface area contributed by atoms with Gasteiger partial charge in [0.2, 0.25) is 0 Å². The number of amides is 3. The van der Waals surface area contributed by atoms with Gasteiger partial charge in [0.1, 0.15) is 6.10 Å². The zero-order valence-corrected chi connectivity index (χ0v) is 16.0. The van der Waals surface area contributed by atoms with E-state index in [0.29, 0.717) is 38.8 Å². The van der Waals surface area contributed by atoms with Crippen LogP contribution in [0.5, 0.6) is 0 Å². The van der Waals surface area contributed by atoms with Gasteiger partial charge >= 0.3 is 6.03 Å². The molecule has 0 bridgehead atoms. The average Bonchev–Trinajstić information content (AvgIpc) is 3.20. The number of rotatable bonds is 5. The Labute approximate surface area is 156 Å². The number of ether oxygens (including phenoxy) is 2. The molecule has 0 aromatic heterocycles. The maximum Gasteiger partial charge on any atom is 0.317 e. The van der Waals surface area contributed by atoms with Gasteiger partial charge in [0.25, 0.3) is 5.91 Å². The van der Waals surface area contributed by atoms with Gasteiger partial charge in [-0.15, -0.1) is 0 Å². The molecule has 0 aromatic carbocycles. The predicted molar refractivity (Wildman–Crippen MR) is 97.9 cm³/mol. The highest BCUT2D eigenvalue weighted by molar-refractivity contribution is 5.81. The van der Waals surface area contributed by atoms with E-state index in [1.165, 1.54) is 19.3 Å². The molecule has 2 atom stereocenters. The van der Waals surface area contributed by atoms with Crippen LogP contribution in [-0.4, -0.2) is 79.4 Å². The number of carbonyl (C=O) groups is 2. The normalized spacial score (nSPS) is 26.0. The van der Waals surface area contributed by atoms with Gasteiger partial charge < -0.3 is 24.6 Å². The van der Waals surface area contributed by atoms with Crippen LogP contribution in [0.2, 0.25) is 0 Å². The zero-order valence-electron chi connectivity index (χ0n) is 16.0. The minimum Gasteiger partial charge on any atom is -0.376 e. The van der Waals surface area contributed by atoms with E-state index in [2.05, 4.69) is 5.32 Å². The van der Waals surface area contributed by atoms with Crippen LogP contribution in [0.3, 0.4) is 0 Å². The third kappa shape index (κ3) is 5.33. The summed E-state index contributed by atoms with van der Waals surface area (Å²) in [6, 6.07) is 0.341. The second-order valence-corrected chi connectivity index (χ2v) is 7.71. The van der Waals surface area contributed by atoms with Crippen LogP contribution in [0.15, 0.2) is 0 Å². The first-order valence-corrected chi connectivity index (χ1v) is 10.2. The van der Waals surface area contributed by atoms with Gasteiger partial charge in [-0.3, -0.25) is 4.79 Å². The molecular formula is C19H33N3O4. The van der Waals surface area contributed by atoms with Crippen molar-refractivity contribution in [3.05, 3.63) is 0 Å². The maximum atomic E-state index is 12.5. The fourth-order valence-electron chi connectivity index (χ4n) is 4.00. The smallest absolute Gasteiger partial charge is 0.317 e. The van der Waals surface area contributed by atoms with Crippen LogP contribution in [0.4, 0.5) is 4.79 Å². The highest BCUT2D eigenvalue weighted by Crippen LogP contribution is 2.18. The average molecular weight is 367 g/mol. The minimum absolute atomic E-state index is 0.00957. The summed E-state index contributed by atoms with van der Waals surface area (Å²) in [5.41, 5.74) is 0. The Morgan fingerprint density at radius 2 is 1.73 bits per heavy atom. The van der Waals surface area contributed by atoms with Crippen LogP contribution in [0.1, 0.15) is 51.9 Å². The first-order chi connectivity index (χ1) is 12.6. The Kier molecular flexibility index (Phi) is 7.14. The van der Waals surface area contributed by atoms with Crippen molar-refractivity contribution in [2.75, 3.05) is 39.4 Å². The van der Waals surface area contributed by atoms with Gasteiger partial charge in [-0.2, -0.15) is 0 Å². The van der Waals surface area contributed by atoms with Crippen LogP contribution in [0.25, 0.3) is 0 Å². The van der Waals surface area contributed by atoms with Crippen molar-refractivity contribution in [3.63, 3.8) is 0 Å². The lowest BCUT2D eigenvalue weighted by Gasteiger charge is -2.37. The van der Waals surface area contributed by atoms with Crippen molar-refractivity contribution >= 4 is 11.9 Å². The summed E-state index contributed by atoms with van der Waals surface area (Å²) >= 11 is 0. The van der Waals surface area contributed by atoms with Crippen LogP contribution in [-0.2, 0) is 14.3 Å². The fraction of sp³-hybridized carbons (Fsp3) is 0.895. The van der Waals surface area contributed by atoms with E-state index in [4.69, 9.17) is 9.47 Å². The standard InChI is InChI=1S/C19H33N3O4/c1-15(26-14-17-8-5-13-25-17)18(23)21-9-11-22(12-10-21)19(24)20-16-6-3-2-4-7-16/h15-17H,2-14H2,1H3,(H,20,24). The molecule has 0 spiro atoms. The molecular weight excluding hydrogens is 334 g/mol. The van der Waals surface area contributed by atoms with Crippen molar-refractivity contribution in [3.8, 4) is 0 Å². The number of urea groups is 1. The molecule has 7 nitrogen and oxygen atoms in total. The maximum absolute atomic E-state index is 12.5. The lowest BCUT2D eigenvalue weighted by atomic mass is 9.96. The van der Waals surface area contributed by atoms with Crippen LogP contribution < -0.4 is 5.32 Å². The van der Waals surface area contributed by atoms with Gasteiger partial charge in [-0.25, -0.2) is 4.79 Å². The number of nitrogens with zero attached hydrogens (tertiary/aromatic N) is 2. The van der Waals surface area contributed by atoms with Gasteiger partial charge in [0.05, 0.1) is 12.7 Å². The second-order valence-electron chi connectivity index (χ2n) is 7.71. The van der Waals surface area contributed by atoms with E-state index < -0.39 is 6.10 Å². The summed E-state index contributed by atoms with van der Waals surface area (Å²) in [7, 11) is 0. The summed E-state index contributed by atoms with van der Waals surface area (Å²) < 4.78 is 11.2. The third-order valence-corrected chi connectivity index (χ3v) is 5.72. The number of hydrogen-bond acceptors (Lipinski definition) is 4. The summed E-state index contributed by atoms with van der Waals surface area (Å²) in [6.07, 6.45) is 7.62. The lowest BCUT2D eigenvalue weighted by Crippen LogP contribution is -2.56. The van der Waals surface area contributed by atoms with Crippen molar-refractivity contribution in [1.29, 1.82) is 0 Å². The van der Waals surface area contributed by atoms with Crippen molar-refractivity contribution < 1.29 is 19.1 Å². The largest absolute Gasteiger partial charge is 0.376 e. The van der Waals surface area contributed by atoms with Crippen molar-refractivity contribution in [2.24, 2.45) is 0 Å². The van der Waals surface area contributed by atoms with E-state index in [-0.39, 0.29) is 18.0 Å². The Bertz CT molecular complexity index is 467. The molecule has 2 unspecified atom stereocenters. The third-order valence-electron chi connectivity index (χ3n) is 5.72. The molecule has 3 amide bonds. The van der Waals surface area contributed by atoms with Crippen LogP contribution in [0, 0.1) is 0 Å². The van der Waals surface area contributed by atoms with Gasteiger partial charge in [-0.1, -0.05) is 19.3 Å². The summed E-state index contributed by atoms with van der Waals surface area (Å²) in [6.45, 7) is 5.40. The number of nitrogens with one attached hydrogen (secondary N) is 1. The van der Waals surface area contributed by atoms with Crippen molar-refractivity contribution in [2.45, 2.75) is 70.1 Å². The number of carbonyl (C=O) groups excluding carboxylic acids is 2. The molecule has 7 heteroatoms. The van der Waals surface area contributed by atoms with Gasteiger partial charge in [-0.05, 0) is 32.6 Å². The molecule has 1 aliphatic carbocycles. The van der Waals surface area contributed by atoms with E-state index in [9.17, 15) is 9.59 Å². The molecule has 0 radical (unpaired) electrons. The molecule has 3 aliphatic rings. The molecule has 3 fully saturated rings. The molecule has 2 aliphatic heterocycles. The highest BCUT2D eigenvalue weighted by atomic mass is 16.5. The molecule has 2 saturated heterocycles. The molecule has 2 heterocycles. The van der Waals surface area contributed by atoms with E-state index in [1.54, 1.807) is 6.92 Å². The Morgan fingerprint density at radius 3 is 2.38 bits per heavy atom. The lowest BCUT2D eigenvalue weighted by molar-refractivity contribution is -0.146. The summed E-state index contributed by atoms with van der Waals surface area (Å²) in [5, 5.41) is 3.15. The van der Waals surface area contributed by atoms with E-state index >= 15 is 0 Å². The molecule has 148 valence electrons.